The number of carbonyl (C=O) groups is 1. The number of nitrogens with one attached hydrogen (secondary N) is 1. The van der Waals surface area contributed by atoms with Crippen LogP contribution in [0, 0.1) is 0 Å². The number of fused-ring (bicyclic) bond motifs is 3. The van der Waals surface area contributed by atoms with Gasteiger partial charge in [0.1, 0.15) is 24.1 Å². The summed E-state index contributed by atoms with van der Waals surface area (Å²) in [5, 5.41) is 13.3. The predicted octanol–water partition coefficient (Wildman–Crippen LogP) is 1.52. The third-order valence-corrected chi connectivity index (χ3v) is 5.51. The van der Waals surface area contributed by atoms with E-state index < -0.39 is 24.0 Å². The van der Waals surface area contributed by atoms with Gasteiger partial charge in [0.05, 0.1) is 12.9 Å². The Hall–Kier alpha value is -2.88. The van der Waals surface area contributed by atoms with Gasteiger partial charge in [0.25, 0.3) is 5.91 Å². The average molecular weight is 381 g/mol. The fraction of sp³-hybridized carbons (Fsp3) is 0.368. The van der Waals surface area contributed by atoms with E-state index in [-0.39, 0.29) is 5.91 Å². The van der Waals surface area contributed by atoms with Crippen LogP contribution in [0.25, 0.3) is 11.2 Å². The Morgan fingerprint density at radius 2 is 2.14 bits per heavy atom. The second kappa shape index (κ2) is 6.33. The first-order valence-electron chi connectivity index (χ1n) is 9.14. The zero-order valence-corrected chi connectivity index (χ0v) is 15.1. The number of imidazole rings is 1. The van der Waals surface area contributed by atoms with Crippen LogP contribution >= 0.6 is 0 Å². The highest BCUT2D eigenvalue weighted by Crippen LogP contribution is 2.47. The number of aliphatic hydroxyl groups excluding tert-OH is 1. The van der Waals surface area contributed by atoms with Crippen molar-refractivity contribution in [2.24, 2.45) is 0 Å². The van der Waals surface area contributed by atoms with Gasteiger partial charge in [-0.2, -0.15) is 0 Å². The normalized spacial score (nSPS) is 28.7. The van der Waals surface area contributed by atoms with Gasteiger partial charge in [-0.15, -0.1) is 0 Å². The molecule has 144 valence electrons. The van der Waals surface area contributed by atoms with Crippen LogP contribution in [0.5, 0.6) is 0 Å². The number of rotatable bonds is 4. The molecular formula is C19H19N5O4. The van der Waals surface area contributed by atoms with Crippen LogP contribution < -0.4 is 5.32 Å². The maximum atomic E-state index is 12.5. The minimum Gasteiger partial charge on any atom is -0.387 e. The van der Waals surface area contributed by atoms with Crippen LogP contribution in [0.2, 0.25) is 0 Å². The summed E-state index contributed by atoms with van der Waals surface area (Å²) >= 11 is 0. The fourth-order valence-corrected chi connectivity index (χ4v) is 3.87. The topological polar surface area (TPSA) is 111 Å². The lowest BCUT2D eigenvalue weighted by Crippen LogP contribution is -2.39. The summed E-state index contributed by atoms with van der Waals surface area (Å²) < 4.78 is 13.6. The molecule has 2 aromatic heterocycles. The third-order valence-electron chi connectivity index (χ3n) is 5.51. The maximum Gasteiger partial charge on any atom is 0.256 e. The summed E-state index contributed by atoms with van der Waals surface area (Å²) in [6.07, 6.45) is 1.83. The Kier molecular flexibility index (Phi) is 3.90. The van der Waals surface area contributed by atoms with Crippen molar-refractivity contribution in [1.29, 1.82) is 0 Å². The number of aliphatic hydroxyl groups is 1. The Balaban J connectivity index is 1.48. The number of hydrogen-bond donors (Lipinski definition) is 2. The van der Waals surface area contributed by atoms with Gasteiger partial charge in [-0.1, -0.05) is 25.1 Å². The highest BCUT2D eigenvalue weighted by molar-refractivity contribution is 6.06. The summed E-state index contributed by atoms with van der Waals surface area (Å²) in [5.41, 5.74) is 0.756. The number of ether oxygens (including phenoxy) is 2. The summed E-state index contributed by atoms with van der Waals surface area (Å²) in [5.74, 6) is 0.0300. The molecule has 2 N–H and O–H groups in total. The first-order valence-corrected chi connectivity index (χ1v) is 9.14. The number of anilines is 1. The molecule has 9 heteroatoms. The van der Waals surface area contributed by atoms with E-state index in [1.54, 1.807) is 35.2 Å². The average Bonchev–Trinajstić information content (AvgIpc) is 3.39. The van der Waals surface area contributed by atoms with Gasteiger partial charge >= 0.3 is 0 Å². The molecule has 0 radical (unpaired) electrons. The minimum absolute atomic E-state index is 0.282. The fourth-order valence-electron chi connectivity index (χ4n) is 3.87. The maximum absolute atomic E-state index is 12.5. The van der Waals surface area contributed by atoms with Gasteiger partial charge in [-0.25, -0.2) is 15.0 Å². The second-order valence-electron chi connectivity index (χ2n) is 7.01. The summed E-state index contributed by atoms with van der Waals surface area (Å²) in [7, 11) is 0. The Bertz CT molecular complexity index is 1040. The molecule has 1 aromatic carbocycles. The summed E-state index contributed by atoms with van der Waals surface area (Å²) in [6.45, 7) is 2.33. The lowest BCUT2D eigenvalue weighted by molar-refractivity contribution is -0.173. The molecular weight excluding hydrogens is 362 g/mol. The van der Waals surface area contributed by atoms with Crippen molar-refractivity contribution < 1.29 is 19.4 Å². The van der Waals surface area contributed by atoms with Gasteiger partial charge in [-0.3, -0.25) is 9.36 Å². The standard InChI is InChI=1S/C19H19N5O4/c1-2-19-8-27-13(14(19)25)18(28-19)24-10-22-12-15(20-9-21-16(12)24)23-17(26)11-6-4-3-5-7-11/h3-7,9-10,13-14,18,25H,2,8H2,1H3,(H,20,21,23,26)/t13-,14+,18+,19+/m1/s1. The van der Waals surface area contributed by atoms with Crippen LogP contribution in [0.15, 0.2) is 43.0 Å². The number of amides is 1. The molecule has 0 unspecified atom stereocenters. The smallest absolute Gasteiger partial charge is 0.256 e. The Morgan fingerprint density at radius 3 is 2.89 bits per heavy atom. The third kappa shape index (κ3) is 2.44. The SMILES string of the molecule is CC[C@@]12CO[C@@H]([C@@H](n3cnc4c(NC(=O)c5ccccc5)ncnc43)O1)[C@@H]2O. The monoisotopic (exact) mass is 381 g/mol. The van der Waals surface area contributed by atoms with E-state index in [9.17, 15) is 9.90 Å². The lowest BCUT2D eigenvalue weighted by Gasteiger charge is -2.30. The molecule has 5 rings (SSSR count). The molecule has 3 aromatic rings. The molecule has 4 heterocycles. The molecule has 0 saturated carbocycles. The van der Waals surface area contributed by atoms with Crippen molar-refractivity contribution >= 4 is 22.9 Å². The van der Waals surface area contributed by atoms with E-state index in [0.717, 1.165) is 0 Å². The number of benzene rings is 1. The zero-order valence-electron chi connectivity index (χ0n) is 15.1. The molecule has 2 aliphatic rings. The summed E-state index contributed by atoms with van der Waals surface area (Å²) in [4.78, 5) is 25.3. The van der Waals surface area contributed by atoms with Crippen LogP contribution in [-0.2, 0) is 9.47 Å². The molecule has 0 spiro atoms. The second-order valence-corrected chi connectivity index (χ2v) is 7.01. The Morgan fingerprint density at radius 1 is 1.32 bits per heavy atom. The lowest BCUT2D eigenvalue weighted by atomic mass is 9.96. The van der Waals surface area contributed by atoms with E-state index in [1.165, 1.54) is 6.33 Å². The van der Waals surface area contributed by atoms with Crippen molar-refractivity contribution in [2.75, 3.05) is 11.9 Å². The van der Waals surface area contributed by atoms with Crippen molar-refractivity contribution in [2.45, 2.75) is 37.4 Å². The predicted molar refractivity (Wildman–Crippen MR) is 98.6 cm³/mol. The molecule has 2 fully saturated rings. The van der Waals surface area contributed by atoms with E-state index in [2.05, 4.69) is 20.3 Å². The van der Waals surface area contributed by atoms with Crippen molar-refractivity contribution in [3.63, 3.8) is 0 Å². The first kappa shape index (κ1) is 17.2. The van der Waals surface area contributed by atoms with Crippen molar-refractivity contribution in [3.8, 4) is 0 Å². The highest BCUT2D eigenvalue weighted by Gasteiger charge is 2.60. The van der Waals surface area contributed by atoms with Crippen molar-refractivity contribution in [3.05, 3.63) is 48.5 Å². The van der Waals surface area contributed by atoms with Crippen LogP contribution in [0.3, 0.4) is 0 Å². The van der Waals surface area contributed by atoms with Crippen LogP contribution in [-0.4, -0.2) is 54.9 Å². The molecule has 9 nitrogen and oxygen atoms in total. The molecule has 4 atom stereocenters. The number of carbonyl (C=O) groups excluding carboxylic acids is 1. The molecule has 2 bridgehead atoms. The van der Waals surface area contributed by atoms with E-state index in [1.807, 2.05) is 13.0 Å². The van der Waals surface area contributed by atoms with E-state index >= 15 is 0 Å². The van der Waals surface area contributed by atoms with Gasteiger partial charge in [0, 0.05) is 5.56 Å². The molecule has 1 amide bonds. The Labute approximate surface area is 160 Å². The minimum atomic E-state index is -0.709. The molecule has 2 aliphatic heterocycles. The van der Waals surface area contributed by atoms with Gasteiger partial charge < -0.3 is 19.9 Å². The van der Waals surface area contributed by atoms with E-state index in [4.69, 9.17) is 9.47 Å². The van der Waals surface area contributed by atoms with E-state index in [0.29, 0.717) is 35.6 Å². The first-order chi connectivity index (χ1) is 13.6. The highest BCUT2D eigenvalue weighted by atomic mass is 16.6. The number of nitrogens with zero attached hydrogens (tertiary/aromatic N) is 4. The quantitative estimate of drug-likeness (QED) is 0.705. The van der Waals surface area contributed by atoms with Crippen molar-refractivity contribution in [1.82, 2.24) is 19.5 Å². The molecule has 0 aliphatic carbocycles. The largest absolute Gasteiger partial charge is 0.387 e. The van der Waals surface area contributed by atoms with Gasteiger partial charge in [-0.05, 0) is 18.6 Å². The number of hydrogen-bond acceptors (Lipinski definition) is 7. The molecule has 2 saturated heterocycles. The van der Waals surface area contributed by atoms with Crippen LogP contribution in [0.4, 0.5) is 5.82 Å². The summed E-state index contributed by atoms with van der Waals surface area (Å²) in [6, 6.07) is 8.87. The molecule has 28 heavy (non-hydrogen) atoms. The van der Waals surface area contributed by atoms with Gasteiger partial charge in [0.2, 0.25) is 0 Å². The number of aromatic nitrogens is 4. The zero-order chi connectivity index (χ0) is 19.3. The van der Waals surface area contributed by atoms with Gasteiger partial charge in [0.15, 0.2) is 23.2 Å². The van der Waals surface area contributed by atoms with Crippen LogP contribution in [0.1, 0.15) is 29.9 Å².